The first kappa shape index (κ1) is 22.0. The maximum atomic E-state index is 13.8. The minimum atomic E-state index is -0.533. The topological polar surface area (TPSA) is 54.9 Å². The summed E-state index contributed by atoms with van der Waals surface area (Å²) in [5.74, 6) is 0.767. The molecule has 0 aliphatic carbocycles. The van der Waals surface area contributed by atoms with Gasteiger partial charge in [0.2, 0.25) is 0 Å². The van der Waals surface area contributed by atoms with Crippen LogP contribution in [0.15, 0.2) is 41.4 Å². The molecule has 0 radical (unpaired) electrons. The molecule has 30 heavy (non-hydrogen) atoms. The summed E-state index contributed by atoms with van der Waals surface area (Å²) < 4.78 is 39.0. The lowest BCUT2D eigenvalue weighted by Gasteiger charge is -2.17. The Morgan fingerprint density at radius 3 is 2.70 bits per heavy atom. The quantitative estimate of drug-likeness (QED) is 0.509. The molecule has 1 aliphatic heterocycles. The second-order valence-electron chi connectivity index (χ2n) is 7.45. The van der Waals surface area contributed by atoms with Crippen molar-refractivity contribution in [3.63, 3.8) is 0 Å². The third-order valence-electron chi connectivity index (χ3n) is 5.12. The predicted octanol–water partition coefficient (Wildman–Crippen LogP) is 3.60. The van der Waals surface area contributed by atoms with Crippen molar-refractivity contribution >= 4 is 5.96 Å². The van der Waals surface area contributed by atoms with Crippen LogP contribution in [0.3, 0.4) is 0 Å². The summed E-state index contributed by atoms with van der Waals surface area (Å²) in [6, 6.07) is 10.0. The van der Waals surface area contributed by atoms with E-state index in [1.54, 1.807) is 7.05 Å². The summed E-state index contributed by atoms with van der Waals surface area (Å²) in [5.41, 5.74) is 2.22. The molecular formula is C23H29F2N3O2. The number of guanidine groups is 1. The van der Waals surface area contributed by atoms with E-state index in [1.165, 1.54) is 18.2 Å². The van der Waals surface area contributed by atoms with E-state index < -0.39 is 11.6 Å². The van der Waals surface area contributed by atoms with Crippen LogP contribution in [-0.2, 0) is 17.7 Å². The highest BCUT2D eigenvalue weighted by molar-refractivity contribution is 5.79. The summed E-state index contributed by atoms with van der Waals surface area (Å²) in [5, 5.41) is 6.33. The minimum absolute atomic E-state index is 0.0746. The molecule has 0 amide bonds. The zero-order valence-corrected chi connectivity index (χ0v) is 17.5. The fraction of sp³-hybridized carbons (Fsp3) is 0.435. The molecule has 1 heterocycles. The van der Waals surface area contributed by atoms with Crippen LogP contribution in [0.1, 0.15) is 23.1 Å². The minimum Gasteiger partial charge on any atom is -0.493 e. The van der Waals surface area contributed by atoms with Crippen molar-refractivity contribution in [3.8, 4) is 5.75 Å². The van der Waals surface area contributed by atoms with E-state index in [0.29, 0.717) is 31.6 Å². The molecule has 1 fully saturated rings. The van der Waals surface area contributed by atoms with Crippen molar-refractivity contribution in [2.24, 2.45) is 10.9 Å². The van der Waals surface area contributed by atoms with Gasteiger partial charge in [-0.15, -0.1) is 0 Å². The van der Waals surface area contributed by atoms with Gasteiger partial charge in [0, 0.05) is 43.8 Å². The van der Waals surface area contributed by atoms with E-state index in [2.05, 4.69) is 15.6 Å². The van der Waals surface area contributed by atoms with Crippen LogP contribution >= 0.6 is 0 Å². The van der Waals surface area contributed by atoms with E-state index in [9.17, 15) is 8.78 Å². The smallest absolute Gasteiger partial charge is 0.191 e. The van der Waals surface area contributed by atoms with Crippen molar-refractivity contribution in [2.45, 2.75) is 26.3 Å². The second kappa shape index (κ2) is 10.9. The first-order chi connectivity index (χ1) is 14.6. The number of hydrogen-bond donors (Lipinski definition) is 2. The largest absolute Gasteiger partial charge is 0.493 e. The number of aliphatic imine (C=N–C) groups is 1. The Kier molecular flexibility index (Phi) is 8.02. The Bertz CT molecular complexity index is 847. The number of nitrogens with zero attached hydrogens (tertiary/aromatic N) is 1. The van der Waals surface area contributed by atoms with Gasteiger partial charge in [0.1, 0.15) is 17.4 Å². The normalized spacial score (nSPS) is 16.5. The van der Waals surface area contributed by atoms with Gasteiger partial charge in [-0.3, -0.25) is 4.99 Å². The highest BCUT2D eigenvalue weighted by atomic mass is 19.1. The Hall–Kier alpha value is -2.67. The Morgan fingerprint density at radius 2 is 2.00 bits per heavy atom. The third-order valence-corrected chi connectivity index (χ3v) is 5.12. The first-order valence-corrected chi connectivity index (χ1v) is 10.2. The molecule has 1 saturated heterocycles. The van der Waals surface area contributed by atoms with Gasteiger partial charge in [-0.05, 0) is 43.5 Å². The van der Waals surface area contributed by atoms with Gasteiger partial charge in [0.25, 0.3) is 0 Å². The molecule has 1 unspecified atom stereocenters. The number of benzene rings is 2. The van der Waals surface area contributed by atoms with E-state index in [0.717, 1.165) is 36.5 Å². The van der Waals surface area contributed by atoms with Crippen molar-refractivity contribution in [3.05, 3.63) is 64.7 Å². The SMILES string of the molecule is CN=C(NCCc1c(F)cccc1F)NCc1ccc(C)cc1OCC1CCOC1. The molecule has 1 aliphatic rings. The van der Waals surface area contributed by atoms with Crippen molar-refractivity contribution in [1.29, 1.82) is 0 Å². The molecule has 2 aromatic carbocycles. The van der Waals surface area contributed by atoms with Crippen LogP contribution < -0.4 is 15.4 Å². The first-order valence-electron chi connectivity index (χ1n) is 10.2. The number of aryl methyl sites for hydroxylation is 1. The third kappa shape index (κ3) is 6.16. The van der Waals surface area contributed by atoms with E-state index in [1.807, 2.05) is 25.1 Å². The van der Waals surface area contributed by atoms with Crippen LogP contribution in [0.4, 0.5) is 8.78 Å². The van der Waals surface area contributed by atoms with Gasteiger partial charge in [0.05, 0.1) is 13.2 Å². The molecule has 162 valence electrons. The fourth-order valence-corrected chi connectivity index (χ4v) is 3.34. The molecule has 7 heteroatoms. The lowest BCUT2D eigenvalue weighted by Crippen LogP contribution is -2.38. The van der Waals surface area contributed by atoms with Gasteiger partial charge in [-0.2, -0.15) is 0 Å². The molecule has 0 spiro atoms. The van der Waals surface area contributed by atoms with Gasteiger partial charge in [-0.1, -0.05) is 18.2 Å². The van der Waals surface area contributed by atoms with E-state index in [4.69, 9.17) is 9.47 Å². The molecule has 3 rings (SSSR count). The van der Waals surface area contributed by atoms with Crippen molar-refractivity contribution in [2.75, 3.05) is 33.4 Å². The van der Waals surface area contributed by atoms with Crippen LogP contribution in [0, 0.1) is 24.5 Å². The number of ether oxygens (including phenoxy) is 2. The highest BCUT2D eigenvalue weighted by Crippen LogP contribution is 2.22. The molecule has 2 N–H and O–H groups in total. The summed E-state index contributed by atoms with van der Waals surface area (Å²) in [6.45, 7) is 5.09. The molecule has 0 saturated carbocycles. The Morgan fingerprint density at radius 1 is 1.20 bits per heavy atom. The summed E-state index contributed by atoms with van der Waals surface area (Å²) in [7, 11) is 1.66. The van der Waals surface area contributed by atoms with Crippen molar-refractivity contribution in [1.82, 2.24) is 10.6 Å². The van der Waals surface area contributed by atoms with Crippen LogP contribution in [0.25, 0.3) is 0 Å². The average Bonchev–Trinajstić information content (AvgIpc) is 3.25. The summed E-state index contributed by atoms with van der Waals surface area (Å²) >= 11 is 0. The van der Waals surface area contributed by atoms with Crippen molar-refractivity contribution < 1.29 is 18.3 Å². The summed E-state index contributed by atoms with van der Waals surface area (Å²) in [6.07, 6.45) is 1.25. The monoisotopic (exact) mass is 417 g/mol. The molecule has 0 bridgehead atoms. The standard InChI is InChI=1S/C23H29F2N3O2/c1-16-6-7-18(22(12-16)30-15-17-9-11-29-14-17)13-28-23(26-2)27-10-8-19-20(24)4-3-5-21(19)25/h3-7,12,17H,8-11,13-15H2,1-2H3,(H2,26,27,28). The molecular weight excluding hydrogens is 388 g/mol. The van der Waals surface area contributed by atoms with E-state index >= 15 is 0 Å². The zero-order valence-electron chi connectivity index (χ0n) is 17.5. The second-order valence-corrected chi connectivity index (χ2v) is 7.45. The molecule has 5 nitrogen and oxygen atoms in total. The van der Waals surface area contributed by atoms with E-state index in [-0.39, 0.29) is 12.0 Å². The molecule has 0 aromatic heterocycles. The van der Waals surface area contributed by atoms with Gasteiger partial charge in [-0.25, -0.2) is 8.78 Å². The number of rotatable bonds is 8. The molecule has 1 atom stereocenters. The van der Waals surface area contributed by atoms with Crippen LogP contribution in [-0.4, -0.2) is 39.4 Å². The van der Waals surface area contributed by atoms with Crippen LogP contribution in [0.2, 0.25) is 0 Å². The maximum absolute atomic E-state index is 13.8. The Labute approximate surface area is 176 Å². The summed E-state index contributed by atoms with van der Waals surface area (Å²) in [4.78, 5) is 4.18. The van der Waals surface area contributed by atoms with Gasteiger partial charge >= 0.3 is 0 Å². The van der Waals surface area contributed by atoms with Gasteiger partial charge < -0.3 is 20.1 Å². The zero-order chi connectivity index (χ0) is 21.3. The highest BCUT2D eigenvalue weighted by Gasteiger charge is 2.17. The number of hydrogen-bond acceptors (Lipinski definition) is 3. The van der Waals surface area contributed by atoms with Gasteiger partial charge in [0.15, 0.2) is 5.96 Å². The van der Waals surface area contributed by atoms with Crippen LogP contribution in [0.5, 0.6) is 5.75 Å². The number of halogens is 2. The average molecular weight is 418 g/mol. The predicted molar refractivity (Wildman–Crippen MR) is 114 cm³/mol. The lowest BCUT2D eigenvalue weighted by molar-refractivity contribution is 0.166. The maximum Gasteiger partial charge on any atom is 0.191 e. The fourth-order valence-electron chi connectivity index (χ4n) is 3.34. The number of nitrogens with one attached hydrogen (secondary N) is 2. The molecule has 2 aromatic rings. The Balaban J connectivity index is 1.52. The lowest BCUT2D eigenvalue weighted by atomic mass is 10.1.